The first-order valence-corrected chi connectivity index (χ1v) is 5.09. The number of alkyl halides is 1. The molecule has 1 rings (SSSR count). The summed E-state index contributed by atoms with van der Waals surface area (Å²) in [6.45, 7) is 0. The highest BCUT2D eigenvalue weighted by Gasteiger charge is 2.17. The predicted molar refractivity (Wildman–Crippen MR) is 53.7 cm³/mol. The molecular formula is C9H9BrN2O2. The van der Waals surface area contributed by atoms with Gasteiger partial charge in [-0.15, -0.1) is 0 Å². The first-order valence-electron chi connectivity index (χ1n) is 3.97. The van der Waals surface area contributed by atoms with Gasteiger partial charge < -0.3 is 10.2 Å². The SMILES string of the molecule is N#Cc1ccc(C(O)C(O)CBr)cn1. The first kappa shape index (κ1) is 11.1. The van der Waals surface area contributed by atoms with Gasteiger partial charge in [0.15, 0.2) is 0 Å². The van der Waals surface area contributed by atoms with E-state index >= 15 is 0 Å². The van der Waals surface area contributed by atoms with Crippen LogP contribution < -0.4 is 0 Å². The number of rotatable bonds is 3. The quantitative estimate of drug-likeness (QED) is 0.783. The van der Waals surface area contributed by atoms with Crippen molar-refractivity contribution >= 4 is 15.9 Å². The molecule has 2 unspecified atom stereocenters. The lowest BCUT2D eigenvalue weighted by atomic mass is 10.1. The van der Waals surface area contributed by atoms with Gasteiger partial charge in [0.2, 0.25) is 0 Å². The van der Waals surface area contributed by atoms with Gasteiger partial charge in [-0.3, -0.25) is 0 Å². The highest BCUT2D eigenvalue weighted by Crippen LogP contribution is 2.17. The number of aliphatic hydroxyl groups is 2. The number of aromatic nitrogens is 1. The van der Waals surface area contributed by atoms with Gasteiger partial charge in [-0.05, 0) is 6.07 Å². The van der Waals surface area contributed by atoms with Crippen molar-refractivity contribution in [3.8, 4) is 6.07 Å². The topological polar surface area (TPSA) is 77.1 Å². The average molecular weight is 257 g/mol. The highest BCUT2D eigenvalue weighted by molar-refractivity contribution is 9.09. The molecule has 0 bridgehead atoms. The minimum atomic E-state index is -0.977. The number of halogens is 1. The molecule has 1 heterocycles. The van der Waals surface area contributed by atoms with E-state index in [2.05, 4.69) is 20.9 Å². The molecule has 0 amide bonds. The van der Waals surface area contributed by atoms with Crippen molar-refractivity contribution in [1.82, 2.24) is 4.98 Å². The molecule has 0 saturated heterocycles. The summed E-state index contributed by atoms with van der Waals surface area (Å²) in [5.74, 6) is 0. The van der Waals surface area contributed by atoms with Crippen LogP contribution in [0.4, 0.5) is 0 Å². The average Bonchev–Trinajstić information content (AvgIpc) is 2.27. The lowest BCUT2D eigenvalue weighted by Crippen LogP contribution is -2.19. The van der Waals surface area contributed by atoms with E-state index < -0.39 is 12.2 Å². The highest BCUT2D eigenvalue weighted by atomic mass is 79.9. The van der Waals surface area contributed by atoms with Crippen LogP contribution in [0.2, 0.25) is 0 Å². The monoisotopic (exact) mass is 256 g/mol. The summed E-state index contributed by atoms with van der Waals surface area (Å²) in [7, 11) is 0. The van der Waals surface area contributed by atoms with E-state index in [9.17, 15) is 10.2 Å². The molecule has 0 aliphatic carbocycles. The smallest absolute Gasteiger partial charge is 0.140 e. The Morgan fingerprint density at radius 1 is 1.50 bits per heavy atom. The fourth-order valence-electron chi connectivity index (χ4n) is 0.953. The van der Waals surface area contributed by atoms with E-state index in [1.807, 2.05) is 6.07 Å². The first-order chi connectivity index (χ1) is 6.69. The van der Waals surface area contributed by atoms with E-state index in [0.717, 1.165) is 0 Å². The van der Waals surface area contributed by atoms with Crippen LogP contribution in [0.15, 0.2) is 18.3 Å². The van der Waals surface area contributed by atoms with Crippen molar-refractivity contribution in [1.29, 1.82) is 5.26 Å². The van der Waals surface area contributed by atoms with Crippen LogP contribution in [0, 0.1) is 11.3 Å². The van der Waals surface area contributed by atoms with E-state index in [-0.39, 0.29) is 11.0 Å². The molecule has 0 aromatic carbocycles. The Balaban J connectivity index is 2.82. The van der Waals surface area contributed by atoms with Gasteiger partial charge in [0.1, 0.15) is 17.9 Å². The van der Waals surface area contributed by atoms with E-state index in [4.69, 9.17) is 5.26 Å². The predicted octanol–water partition coefficient (Wildman–Crippen LogP) is 0.742. The standard InChI is InChI=1S/C9H9BrN2O2/c10-3-8(13)9(14)6-1-2-7(4-11)12-5-6/h1-2,5,8-9,13-14H,3H2. The number of hydrogen-bond acceptors (Lipinski definition) is 4. The van der Waals surface area contributed by atoms with Gasteiger partial charge in [0, 0.05) is 17.1 Å². The fourth-order valence-corrected chi connectivity index (χ4v) is 1.31. The number of nitrogens with zero attached hydrogens (tertiary/aromatic N) is 2. The third kappa shape index (κ3) is 2.51. The molecule has 1 aromatic rings. The van der Waals surface area contributed by atoms with E-state index in [0.29, 0.717) is 5.56 Å². The summed E-state index contributed by atoms with van der Waals surface area (Å²) in [5.41, 5.74) is 0.783. The Labute approximate surface area is 90.0 Å². The Bertz CT molecular complexity index is 334. The van der Waals surface area contributed by atoms with Crippen LogP contribution in [0.3, 0.4) is 0 Å². The molecule has 0 saturated carbocycles. The van der Waals surface area contributed by atoms with Gasteiger partial charge in [-0.2, -0.15) is 5.26 Å². The van der Waals surface area contributed by atoms with Crippen LogP contribution >= 0.6 is 15.9 Å². The zero-order valence-electron chi connectivity index (χ0n) is 7.26. The number of pyridine rings is 1. The summed E-state index contributed by atoms with van der Waals surface area (Å²) in [6.07, 6.45) is -0.464. The maximum Gasteiger partial charge on any atom is 0.140 e. The summed E-state index contributed by atoms with van der Waals surface area (Å²) in [6, 6.07) is 4.94. The second kappa shape index (κ2) is 5.05. The van der Waals surface area contributed by atoms with Crippen LogP contribution in [0.5, 0.6) is 0 Å². The third-order valence-electron chi connectivity index (χ3n) is 1.76. The summed E-state index contributed by atoms with van der Waals surface area (Å²) >= 11 is 3.06. The largest absolute Gasteiger partial charge is 0.389 e. The Hall–Kier alpha value is -0.960. The number of nitriles is 1. The second-order valence-electron chi connectivity index (χ2n) is 2.76. The minimum absolute atomic E-state index is 0.286. The van der Waals surface area contributed by atoms with Crippen molar-refractivity contribution < 1.29 is 10.2 Å². The molecule has 74 valence electrons. The van der Waals surface area contributed by atoms with Crippen LogP contribution in [-0.4, -0.2) is 26.6 Å². The second-order valence-corrected chi connectivity index (χ2v) is 3.40. The van der Waals surface area contributed by atoms with E-state index in [1.54, 1.807) is 6.07 Å². The maximum atomic E-state index is 9.55. The Kier molecular flexibility index (Phi) is 4.01. The van der Waals surface area contributed by atoms with Crippen molar-refractivity contribution in [2.75, 3.05) is 5.33 Å². The van der Waals surface area contributed by atoms with Crippen LogP contribution in [-0.2, 0) is 0 Å². The molecule has 0 spiro atoms. The molecule has 2 atom stereocenters. The van der Waals surface area contributed by atoms with Gasteiger partial charge >= 0.3 is 0 Å². The van der Waals surface area contributed by atoms with Crippen LogP contribution in [0.25, 0.3) is 0 Å². The molecule has 0 aliphatic rings. The lowest BCUT2D eigenvalue weighted by Gasteiger charge is -2.14. The molecule has 0 fully saturated rings. The maximum absolute atomic E-state index is 9.55. The molecular weight excluding hydrogens is 248 g/mol. The van der Waals surface area contributed by atoms with Crippen LogP contribution in [0.1, 0.15) is 17.4 Å². The summed E-state index contributed by atoms with van der Waals surface area (Å²) < 4.78 is 0. The van der Waals surface area contributed by atoms with Gasteiger partial charge in [-0.25, -0.2) is 4.98 Å². The molecule has 1 aromatic heterocycles. The van der Waals surface area contributed by atoms with Gasteiger partial charge in [0.25, 0.3) is 0 Å². The molecule has 0 aliphatic heterocycles. The molecule has 14 heavy (non-hydrogen) atoms. The van der Waals surface area contributed by atoms with E-state index in [1.165, 1.54) is 12.3 Å². The van der Waals surface area contributed by atoms with Crippen molar-refractivity contribution in [2.24, 2.45) is 0 Å². The van der Waals surface area contributed by atoms with Gasteiger partial charge in [0.05, 0.1) is 6.10 Å². The molecule has 5 heteroatoms. The summed E-state index contributed by atoms with van der Waals surface area (Å²) in [5, 5.41) is 27.6. The minimum Gasteiger partial charge on any atom is -0.389 e. The fraction of sp³-hybridized carbons (Fsp3) is 0.333. The zero-order chi connectivity index (χ0) is 10.6. The molecule has 2 N–H and O–H groups in total. The normalized spacial score (nSPS) is 14.4. The zero-order valence-corrected chi connectivity index (χ0v) is 8.85. The number of hydrogen-bond donors (Lipinski definition) is 2. The summed E-state index contributed by atoms with van der Waals surface area (Å²) in [4.78, 5) is 3.79. The Morgan fingerprint density at radius 3 is 2.64 bits per heavy atom. The van der Waals surface area contributed by atoms with Crippen molar-refractivity contribution in [3.05, 3.63) is 29.6 Å². The lowest BCUT2D eigenvalue weighted by molar-refractivity contribution is 0.0340. The van der Waals surface area contributed by atoms with Crippen molar-refractivity contribution in [2.45, 2.75) is 12.2 Å². The number of aliphatic hydroxyl groups excluding tert-OH is 2. The van der Waals surface area contributed by atoms with Gasteiger partial charge in [-0.1, -0.05) is 22.0 Å². The molecule has 4 nitrogen and oxygen atoms in total. The van der Waals surface area contributed by atoms with Crippen molar-refractivity contribution in [3.63, 3.8) is 0 Å². The molecule has 0 radical (unpaired) electrons. The Morgan fingerprint density at radius 2 is 2.21 bits per heavy atom. The third-order valence-corrected chi connectivity index (χ3v) is 2.43.